The zero-order valence-corrected chi connectivity index (χ0v) is 25.2. The number of ether oxygens (including phenoxy) is 2. The topological polar surface area (TPSA) is 154 Å². The van der Waals surface area contributed by atoms with Crippen molar-refractivity contribution in [1.29, 1.82) is 0 Å². The first kappa shape index (κ1) is 33.9. The lowest BCUT2D eigenvalue weighted by Crippen LogP contribution is -2.54. The summed E-state index contributed by atoms with van der Waals surface area (Å²) in [4.78, 5) is 54.0. The number of aromatic hydroxyl groups is 2. The number of aryl methyl sites for hydroxylation is 1. The first-order chi connectivity index (χ1) is 19.7. The second-order valence-electron chi connectivity index (χ2n) is 10.9. The minimum atomic E-state index is -1.14. The second kappa shape index (κ2) is 15.6. The molecule has 0 fully saturated rings. The smallest absolute Gasteiger partial charge is 0.408 e. The van der Waals surface area contributed by atoms with Gasteiger partial charge in [0, 0.05) is 19.5 Å². The molecule has 0 saturated heterocycles. The molecule has 0 bridgehead atoms. The number of hydrogen-bond acceptors (Lipinski definition) is 8. The summed E-state index contributed by atoms with van der Waals surface area (Å²) in [5.41, 5.74) is 0.800. The molecule has 11 heteroatoms. The van der Waals surface area contributed by atoms with Crippen LogP contribution < -0.4 is 10.6 Å². The molecule has 2 atom stereocenters. The van der Waals surface area contributed by atoms with Gasteiger partial charge >= 0.3 is 12.1 Å². The van der Waals surface area contributed by atoms with Crippen LogP contribution in [-0.2, 0) is 30.3 Å². The Hall–Kier alpha value is -4.28. The van der Waals surface area contributed by atoms with E-state index in [0.717, 1.165) is 0 Å². The summed E-state index contributed by atoms with van der Waals surface area (Å²) < 4.78 is 10.4. The van der Waals surface area contributed by atoms with Crippen molar-refractivity contribution in [3.63, 3.8) is 0 Å². The van der Waals surface area contributed by atoms with Crippen LogP contribution in [0.5, 0.6) is 11.5 Å². The lowest BCUT2D eigenvalue weighted by atomic mass is 9.98. The van der Waals surface area contributed by atoms with Gasteiger partial charge in [-0.25, -0.2) is 4.79 Å². The predicted octanol–water partition coefficient (Wildman–Crippen LogP) is 3.89. The molecule has 2 rings (SSSR count). The maximum atomic E-state index is 14.2. The van der Waals surface area contributed by atoms with Crippen molar-refractivity contribution in [2.24, 2.45) is 0 Å². The highest BCUT2D eigenvalue weighted by Crippen LogP contribution is 2.28. The minimum Gasteiger partial charge on any atom is -0.508 e. The van der Waals surface area contributed by atoms with Gasteiger partial charge in [-0.15, -0.1) is 0 Å². The number of phenols is 2. The van der Waals surface area contributed by atoms with E-state index >= 15 is 0 Å². The van der Waals surface area contributed by atoms with Crippen molar-refractivity contribution < 1.29 is 38.9 Å². The van der Waals surface area contributed by atoms with Gasteiger partial charge in [0.15, 0.2) is 0 Å². The summed E-state index contributed by atoms with van der Waals surface area (Å²) in [7, 11) is 0. The number of carbonyl (C=O) groups excluding carboxylic acids is 4. The number of phenolic OH excluding ortho intramolecular Hbond substituents is 2. The van der Waals surface area contributed by atoms with Gasteiger partial charge in [0.25, 0.3) is 0 Å². The first-order valence-corrected chi connectivity index (χ1v) is 14.1. The first-order valence-electron chi connectivity index (χ1n) is 14.1. The zero-order valence-electron chi connectivity index (χ0n) is 25.2. The largest absolute Gasteiger partial charge is 0.508 e. The van der Waals surface area contributed by atoms with Gasteiger partial charge in [-0.3, -0.25) is 14.4 Å². The van der Waals surface area contributed by atoms with Crippen molar-refractivity contribution in [2.75, 3.05) is 19.7 Å². The molecular formula is C31H43N3O8. The Bertz CT molecular complexity index is 1220. The van der Waals surface area contributed by atoms with Gasteiger partial charge in [0.05, 0.1) is 13.0 Å². The zero-order chi connectivity index (χ0) is 31.4. The van der Waals surface area contributed by atoms with Crippen LogP contribution in [0.25, 0.3) is 0 Å². The van der Waals surface area contributed by atoms with Crippen LogP contribution in [0.2, 0.25) is 0 Å². The number of rotatable bonds is 13. The van der Waals surface area contributed by atoms with E-state index < -0.39 is 41.6 Å². The SMILES string of the molecule is CCCN(C(=O)C(Cc1ccc(O)cc1)NC(=O)OC(C)(C)C)C(C(=O)NCCC(=O)OCC)c1ccc(O)c(C)c1. The normalized spacial score (nSPS) is 12.5. The summed E-state index contributed by atoms with van der Waals surface area (Å²) in [6.45, 7) is 10.7. The molecule has 2 unspecified atom stereocenters. The van der Waals surface area contributed by atoms with Crippen molar-refractivity contribution in [3.05, 3.63) is 59.2 Å². The number of nitrogens with zero attached hydrogens (tertiary/aromatic N) is 1. The summed E-state index contributed by atoms with van der Waals surface area (Å²) >= 11 is 0. The van der Waals surface area contributed by atoms with Gasteiger partial charge in [-0.2, -0.15) is 0 Å². The molecule has 11 nitrogen and oxygen atoms in total. The van der Waals surface area contributed by atoms with E-state index in [-0.39, 0.29) is 44.0 Å². The number of benzene rings is 2. The molecule has 0 aliphatic carbocycles. The third-order valence-electron chi connectivity index (χ3n) is 6.14. The molecule has 3 amide bonds. The fourth-order valence-electron chi connectivity index (χ4n) is 4.26. The number of esters is 1. The number of hydrogen-bond donors (Lipinski definition) is 4. The molecular weight excluding hydrogens is 542 g/mol. The number of amides is 3. The van der Waals surface area contributed by atoms with Crippen LogP contribution in [0.1, 0.15) is 70.2 Å². The molecule has 2 aromatic carbocycles. The molecule has 0 aromatic heterocycles. The van der Waals surface area contributed by atoms with Crippen LogP contribution >= 0.6 is 0 Å². The third kappa shape index (κ3) is 10.6. The maximum Gasteiger partial charge on any atom is 0.408 e. The van der Waals surface area contributed by atoms with Gasteiger partial charge < -0.3 is 35.2 Å². The van der Waals surface area contributed by atoms with Crippen LogP contribution in [0.3, 0.4) is 0 Å². The molecule has 230 valence electrons. The minimum absolute atomic E-state index is 0.00746. The van der Waals surface area contributed by atoms with E-state index in [1.807, 2.05) is 6.92 Å². The van der Waals surface area contributed by atoms with Crippen LogP contribution in [0, 0.1) is 6.92 Å². The van der Waals surface area contributed by atoms with Crippen molar-refractivity contribution in [2.45, 2.75) is 78.5 Å². The van der Waals surface area contributed by atoms with E-state index in [1.54, 1.807) is 58.9 Å². The van der Waals surface area contributed by atoms with Gasteiger partial charge in [-0.1, -0.05) is 25.1 Å². The third-order valence-corrected chi connectivity index (χ3v) is 6.14. The van der Waals surface area contributed by atoms with Crippen LogP contribution in [0.4, 0.5) is 4.79 Å². The number of nitrogens with one attached hydrogen (secondary N) is 2. The highest BCUT2D eigenvalue weighted by Gasteiger charge is 2.36. The highest BCUT2D eigenvalue weighted by atomic mass is 16.6. The predicted molar refractivity (Wildman–Crippen MR) is 157 cm³/mol. The molecule has 0 radical (unpaired) electrons. The monoisotopic (exact) mass is 585 g/mol. The Morgan fingerprint density at radius 3 is 2.24 bits per heavy atom. The molecule has 0 aliphatic rings. The van der Waals surface area contributed by atoms with Gasteiger partial charge in [-0.05, 0) is 82.0 Å². The van der Waals surface area contributed by atoms with Crippen molar-refractivity contribution in [3.8, 4) is 11.5 Å². The Kier molecular flexibility index (Phi) is 12.6. The molecule has 42 heavy (non-hydrogen) atoms. The molecule has 4 N–H and O–H groups in total. The fraction of sp³-hybridized carbons (Fsp3) is 0.484. The molecule has 0 saturated carbocycles. The van der Waals surface area contributed by atoms with Gasteiger partial charge in [0.1, 0.15) is 29.2 Å². The van der Waals surface area contributed by atoms with Crippen molar-refractivity contribution in [1.82, 2.24) is 15.5 Å². The highest BCUT2D eigenvalue weighted by molar-refractivity contribution is 5.92. The Balaban J connectivity index is 2.50. The van der Waals surface area contributed by atoms with Crippen LogP contribution in [-0.4, -0.2) is 70.3 Å². The number of alkyl carbamates (subject to hydrolysis) is 1. The molecule has 2 aromatic rings. The quantitative estimate of drug-likeness (QED) is 0.258. The fourth-order valence-corrected chi connectivity index (χ4v) is 4.26. The Labute approximate surface area is 247 Å². The van der Waals surface area contributed by atoms with E-state index in [9.17, 15) is 29.4 Å². The average molecular weight is 586 g/mol. The maximum absolute atomic E-state index is 14.2. The summed E-state index contributed by atoms with van der Waals surface area (Å²) in [5, 5.41) is 25.2. The van der Waals surface area contributed by atoms with E-state index in [0.29, 0.717) is 23.1 Å². The van der Waals surface area contributed by atoms with E-state index in [4.69, 9.17) is 9.47 Å². The lowest BCUT2D eigenvalue weighted by molar-refractivity contribution is -0.144. The van der Waals surface area contributed by atoms with E-state index in [2.05, 4.69) is 10.6 Å². The molecule has 0 spiro atoms. The standard InChI is InChI=1S/C31H43N3O8/c1-7-17-34(27(22-11-14-25(36)20(3)18-22)28(38)32-16-15-26(37)41-8-2)29(39)24(33-30(40)42-31(4,5)6)19-21-9-12-23(35)13-10-21/h9-14,18,24,27,35-36H,7-8,15-17,19H2,1-6H3,(H,32,38)(H,33,40). The Morgan fingerprint density at radius 2 is 1.67 bits per heavy atom. The van der Waals surface area contributed by atoms with E-state index in [1.165, 1.54) is 23.1 Å². The van der Waals surface area contributed by atoms with Crippen LogP contribution in [0.15, 0.2) is 42.5 Å². The van der Waals surface area contributed by atoms with Crippen molar-refractivity contribution >= 4 is 23.9 Å². The Morgan fingerprint density at radius 1 is 1.00 bits per heavy atom. The summed E-state index contributed by atoms with van der Waals surface area (Å²) in [6.07, 6.45) is -0.295. The lowest BCUT2D eigenvalue weighted by Gasteiger charge is -2.34. The summed E-state index contributed by atoms with van der Waals surface area (Å²) in [5.74, 6) is -1.45. The molecule has 0 aliphatic heterocycles. The average Bonchev–Trinajstić information content (AvgIpc) is 2.90. The summed E-state index contributed by atoms with van der Waals surface area (Å²) in [6, 6.07) is 8.61. The molecule has 0 heterocycles. The van der Waals surface area contributed by atoms with Gasteiger partial charge in [0.2, 0.25) is 11.8 Å². The second-order valence-corrected chi connectivity index (χ2v) is 10.9. The number of carbonyl (C=O) groups is 4.